The highest BCUT2D eigenvalue weighted by atomic mass is 16.2. The average Bonchev–Trinajstić information content (AvgIpc) is 3.20. The Morgan fingerprint density at radius 1 is 0.857 bits per heavy atom. The van der Waals surface area contributed by atoms with E-state index in [9.17, 15) is 9.59 Å². The zero-order valence-corrected chi connectivity index (χ0v) is 15.6. The molecule has 0 aromatic heterocycles. The lowest BCUT2D eigenvalue weighted by molar-refractivity contribution is -0.124. The molecule has 28 heavy (non-hydrogen) atoms. The lowest BCUT2D eigenvalue weighted by Gasteiger charge is -2.36. The Bertz CT molecular complexity index is 876. The molecule has 2 heterocycles. The fourth-order valence-electron chi connectivity index (χ4n) is 3.67. The van der Waals surface area contributed by atoms with Gasteiger partial charge < -0.3 is 15.5 Å². The SMILES string of the molecule is NC(=O)C1CC(C(=O)N2CCN(c3ccccc3)CC2)=NN1c1ccccc1. The molecule has 0 aliphatic carbocycles. The topological polar surface area (TPSA) is 82.2 Å². The monoisotopic (exact) mass is 377 g/mol. The van der Waals surface area contributed by atoms with Crippen molar-refractivity contribution in [3.63, 3.8) is 0 Å². The molecule has 1 saturated heterocycles. The molecule has 1 unspecified atom stereocenters. The summed E-state index contributed by atoms with van der Waals surface area (Å²) in [5, 5.41) is 6.02. The van der Waals surface area contributed by atoms with Crippen LogP contribution in [-0.4, -0.2) is 54.6 Å². The van der Waals surface area contributed by atoms with E-state index in [0.717, 1.165) is 24.5 Å². The van der Waals surface area contributed by atoms with Gasteiger partial charge in [-0.1, -0.05) is 36.4 Å². The van der Waals surface area contributed by atoms with Gasteiger partial charge in [-0.05, 0) is 24.3 Å². The first kappa shape index (κ1) is 18.0. The van der Waals surface area contributed by atoms with Gasteiger partial charge in [-0.3, -0.25) is 14.6 Å². The second-order valence-electron chi connectivity index (χ2n) is 6.96. The zero-order valence-electron chi connectivity index (χ0n) is 15.6. The molecule has 7 heteroatoms. The number of hydrazone groups is 1. The molecule has 2 amide bonds. The lowest BCUT2D eigenvalue weighted by Crippen LogP contribution is -2.50. The molecule has 2 aromatic rings. The molecule has 2 aliphatic heterocycles. The van der Waals surface area contributed by atoms with Crippen LogP contribution in [0, 0.1) is 0 Å². The van der Waals surface area contributed by atoms with Gasteiger partial charge in [-0.2, -0.15) is 5.10 Å². The Hall–Kier alpha value is -3.35. The van der Waals surface area contributed by atoms with E-state index in [1.165, 1.54) is 0 Å². The molecule has 2 aliphatic rings. The minimum atomic E-state index is -0.632. The van der Waals surface area contributed by atoms with E-state index >= 15 is 0 Å². The molecular weight excluding hydrogens is 354 g/mol. The third-order valence-corrected chi connectivity index (χ3v) is 5.19. The highest BCUT2D eigenvalue weighted by Crippen LogP contribution is 2.25. The lowest BCUT2D eigenvalue weighted by atomic mass is 10.1. The number of nitrogens with two attached hydrogens (primary N) is 1. The van der Waals surface area contributed by atoms with Crippen LogP contribution in [0.15, 0.2) is 65.8 Å². The van der Waals surface area contributed by atoms with Gasteiger partial charge in [0, 0.05) is 38.3 Å². The smallest absolute Gasteiger partial charge is 0.270 e. The molecule has 1 atom stereocenters. The summed E-state index contributed by atoms with van der Waals surface area (Å²) in [6.07, 6.45) is 0.238. The summed E-state index contributed by atoms with van der Waals surface area (Å²) in [6.45, 7) is 2.79. The van der Waals surface area contributed by atoms with Crippen LogP contribution < -0.4 is 15.6 Å². The van der Waals surface area contributed by atoms with Gasteiger partial charge >= 0.3 is 0 Å². The normalized spacial score (nSPS) is 19.5. The van der Waals surface area contributed by atoms with E-state index in [1.54, 1.807) is 5.01 Å². The molecule has 0 saturated carbocycles. The predicted octanol–water partition coefficient (Wildman–Crippen LogP) is 1.46. The van der Waals surface area contributed by atoms with Gasteiger partial charge in [0.1, 0.15) is 11.8 Å². The summed E-state index contributed by atoms with van der Waals surface area (Å²) < 4.78 is 0. The number of para-hydroxylation sites is 2. The molecule has 7 nitrogen and oxygen atoms in total. The molecule has 4 rings (SSSR count). The van der Waals surface area contributed by atoms with Crippen molar-refractivity contribution in [1.82, 2.24) is 4.90 Å². The van der Waals surface area contributed by atoms with E-state index in [0.29, 0.717) is 18.8 Å². The number of rotatable bonds is 4. The Labute approximate surface area is 164 Å². The fraction of sp³-hybridized carbons (Fsp3) is 0.286. The molecule has 0 spiro atoms. The second-order valence-corrected chi connectivity index (χ2v) is 6.96. The summed E-state index contributed by atoms with van der Waals surface area (Å²) in [6, 6.07) is 18.9. The third-order valence-electron chi connectivity index (χ3n) is 5.19. The Morgan fingerprint density at radius 3 is 2.00 bits per heavy atom. The first-order chi connectivity index (χ1) is 13.6. The van der Waals surface area contributed by atoms with Crippen molar-refractivity contribution >= 4 is 28.9 Å². The molecule has 144 valence electrons. The average molecular weight is 377 g/mol. The number of anilines is 2. The van der Waals surface area contributed by atoms with E-state index in [1.807, 2.05) is 53.4 Å². The minimum Gasteiger partial charge on any atom is -0.368 e. The van der Waals surface area contributed by atoms with Gasteiger partial charge in [0.15, 0.2) is 0 Å². The number of amides is 2. The summed E-state index contributed by atoms with van der Waals surface area (Å²) in [5.41, 5.74) is 7.87. The third kappa shape index (κ3) is 3.55. The van der Waals surface area contributed by atoms with Crippen molar-refractivity contribution in [2.24, 2.45) is 10.8 Å². The minimum absolute atomic E-state index is 0.114. The molecule has 2 N–H and O–H groups in total. The number of hydrogen-bond acceptors (Lipinski definition) is 5. The summed E-state index contributed by atoms with van der Waals surface area (Å²) in [5.74, 6) is -0.596. The van der Waals surface area contributed by atoms with Crippen LogP contribution in [-0.2, 0) is 9.59 Å². The number of carbonyl (C=O) groups is 2. The number of carbonyl (C=O) groups excluding carboxylic acids is 2. The van der Waals surface area contributed by atoms with Crippen LogP contribution in [0.3, 0.4) is 0 Å². The second kappa shape index (κ2) is 7.72. The van der Waals surface area contributed by atoms with Crippen LogP contribution in [0.5, 0.6) is 0 Å². The molecule has 1 fully saturated rings. The van der Waals surface area contributed by atoms with Crippen LogP contribution >= 0.6 is 0 Å². The van der Waals surface area contributed by atoms with Gasteiger partial charge in [0.05, 0.1) is 5.69 Å². The first-order valence-corrected chi connectivity index (χ1v) is 9.44. The van der Waals surface area contributed by atoms with Crippen LogP contribution in [0.1, 0.15) is 6.42 Å². The Balaban J connectivity index is 1.45. The van der Waals surface area contributed by atoms with Gasteiger partial charge in [-0.25, -0.2) is 0 Å². The van der Waals surface area contributed by atoms with Crippen molar-refractivity contribution in [2.75, 3.05) is 36.1 Å². The van der Waals surface area contributed by atoms with Gasteiger partial charge in [0.2, 0.25) is 5.91 Å². The van der Waals surface area contributed by atoms with E-state index in [4.69, 9.17) is 5.73 Å². The molecule has 0 radical (unpaired) electrons. The largest absolute Gasteiger partial charge is 0.368 e. The highest BCUT2D eigenvalue weighted by Gasteiger charge is 2.37. The molecule has 2 aromatic carbocycles. The van der Waals surface area contributed by atoms with Gasteiger partial charge in [-0.15, -0.1) is 0 Å². The molecule has 0 bridgehead atoms. The Kier molecular flexibility index (Phi) is 4.97. The van der Waals surface area contributed by atoms with Crippen molar-refractivity contribution in [3.05, 3.63) is 60.7 Å². The van der Waals surface area contributed by atoms with Crippen LogP contribution in [0.25, 0.3) is 0 Å². The van der Waals surface area contributed by atoms with Crippen molar-refractivity contribution in [2.45, 2.75) is 12.5 Å². The maximum atomic E-state index is 13.0. The predicted molar refractivity (Wildman–Crippen MR) is 109 cm³/mol. The highest BCUT2D eigenvalue weighted by molar-refractivity contribution is 6.40. The standard InChI is InChI=1S/C21H23N5O2/c22-20(27)19-15-18(23-26(19)17-9-5-2-6-10-17)21(28)25-13-11-24(12-14-25)16-7-3-1-4-8-16/h1-10,19H,11-15H2,(H2,22,27). The van der Waals surface area contributed by atoms with Gasteiger partial charge in [0.25, 0.3) is 5.91 Å². The van der Waals surface area contributed by atoms with Crippen LogP contribution in [0.4, 0.5) is 11.4 Å². The van der Waals surface area contributed by atoms with Crippen molar-refractivity contribution < 1.29 is 9.59 Å². The summed E-state index contributed by atoms with van der Waals surface area (Å²) in [7, 11) is 0. The fourth-order valence-corrected chi connectivity index (χ4v) is 3.67. The number of nitrogens with zero attached hydrogens (tertiary/aromatic N) is 4. The van der Waals surface area contributed by atoms with Crippen molar-refractivity contribution in [1.29, 1.82) is 0 Å². The first-order valence-electron chi connectivity index (χ1n) is 9.44. The summed E-state index contributed by atoms with van der Waals surface area (Å²) in [4.78, 5) is 29.0. The van der Waals surface area contributed by atoms with Crippen LogP contribution in [0.2, 0.25) is 0 Å². The van der Waals surface area contributed by atoms with Crippen molar-refractivity contribution in [3.8, 4) is 0 Å². The summed E-state index contributed by atoms with van der Waals surface area (Å²) >= 11 is 0. The quantitative estimate of drug-likeness (QED) is 0.874. The Morgan fingerprint density at radius 2 is 1.43 bits per heavy atom. The van der Waals surface area contributed by atoms with E-state index in [-0.39, 0.29) is 12.3 Å². The number of hydrogen-bond donors (Lipinski definition) is 1. The zero-order chi connectivity index (χ0) is 19.5. The maximum Gasteiger partial charge on any atom is 0.270 e. The van der Waals surface area contributed by atoms with E-state index in [2.05, 4.69) is 22.1 Å². The van der Waals surface area contributed by atoms with E-state index < -0.39 is 11.9 Å². The number of benzene rings is 2. The maximum absolute atomic E-state index is 13.0. The number of piperazine rings is 1. The number of primary amides is 1. The molecular formula is C21H23N5O2.